The van der Waals surface area contributed by atoms with E-state index in [1.54, 1.807) is 0 Å². The Hall–Kier alpha value is -2.12. The van der Waals surface area contributed by atoms with Gasteiger partial charge in [0.1, 0.15) is 0 Å². The fraction of sp³-hybridized carbons (Fsp3) is 0.667. The maximum atomic E-state index is 11.3. The molecule has 0 bridgehead atoms. The number of carboxylic acid groups (broad SMARTS) is 1. The molecule has 4 amide bonds. The molecule has 112 valence electrons. The standard InChI is InChI=1S/C12H19N3O5/c16-9(3-1-2-4-11(18)19)15-12(20)13-7-10(17)14-8-5-6-8/h8H,1-7H2,(H,14,17)(H,18,19)(H2,13,15,16,20). The second kappa shape index (κ2) is 8.13. The second-order valence-electron chi connectivity index (χ2n) is 4.67. The van der Waals surface area contributed by atoms with Gasteiger partial charge in [-0.25, -0.2) is 4.79 Å². The van der Waals surface area contributed by atoms with Crippen LogP contribution in [0.1, 0.15) is 38.5 Å². The molecule has 1 fully saturated rings. The summed E-state index contributed by atoms with van der Waals surface area (Å²) in [5.41, 5.74) is 0. The topological polar surface area (TPSA) is 125 Å². The molecule has 0 atom stereocenters. The zero-order valence-electron chi connectivity index (χ0n) is 11.1. The number of amides is 4. The monoisotopic (exact) mass is 285 g/mol. The smallest absolute Gasteiger partial charge is 0.321 e. The summed E-state index contributed by atoms with van der Waals surface area (Å²) in [6.45, 7) is -0.172. The highest BCUT2D eigenvalue weighted by Crippen LogP contribution is 2.18. The van der Waals surface area contributed by atoms with Crippen LogP contribution in [-0.4, -0.2) is 41.5 Å². The van der Waals surface area contributed by atoms with E-state index in [2.05, 4.69) is 16.0 Å². The Morgan fingerprint density at radius 2 is 1.65 bits per heavy atom. The van der Waals surface area contributed by atoms with Gasteiger partial charge in [0.15, 0.2) is 0 Å². The first kappa shape index (κ1) is 15.9. The molecule has 0 unspecified atom stereocenters. The Balaban J connectivity index is 2.03. The SMILES string of the molecule is O=C(O)CCCCC(=O)NC(=O)NCC(=O)NC1CC1. The maximum absolute atomic E-state index is 11.3. The highest BCUT2D eigenvalue weighted by molar-refractivity contribution is 5.95. The fourth-order valence-corrected chi connectivity index (χ4v) is 1.46. The van der Waals surface area contributed by atoms with E-state index in [1.165, 1.54) is 0 Å². The van der Waals surface area contributed by atoms with Crippen LogP contribution in [-0.2, 0) is 14.4 Å². The van der Waals surface area contributed by atoms with E-state index in [-0.39, 0.29) is 31.3 Å². The van der Waals surface area contributed by atoms with E-state index in [1.807, 2.05) is 0 Å². The number of nitrogens with one attached hydrogen (secondary N) is 3. The summed E-state index contributed by atoms with van der Waals surface area (Å²) in [5.74, 6) is -1.68. The summed E-state index contributed by atoms with van der Waals surface area (Å²) in [5, 5.41) is 15.5. The Labute approximate surface area is 116 Å². The van der Waals surface area contributed by atoms with Gasteiger partial charge in [-0.05, 0) is 25.7 Å². The summed E-state index contributed by atoms with van der Waals surface area (Å²) in [7, 11) is 0. The number of hydrogen-bond donors (Lipinski definition) is 4. The lowest BCUT2D eigenvalue weighted by atomic mass is 10.2. The predicted octanol–water partition coefficient (Wildman–Crippen LogP) is -0.264. The Bertz CT molecular complexity index is 393. The van der Waals surface area contributed by atoms with Gasteiger partial charge in [-0.3, -0.25) is 19.7 Å². The highest BCUT2D eigenvalue weighted by Gasteiger charge is 2.23. The van der Waals surface area contributed by atoms with Gasteiger partial charge in [0.05, 0.1) is 6.54 Å². The van der Waals surface area contributed by atoms with Crippen molar-refractivity contribution >= 4 is 23.8 Å². The summed E-state index contributed by atoms with van der Waals surface area (Å²) >= 11 is 0. The van der Waals surface area contributed by atoms with E-state index in [0.717, 1.165) is 12.8 Å². The van der Waals surface area contributed by atoms with Crippen LogP contribution in [0.3, 0.4) is 0 Å². The lowest BCUT2D eigenvalue weighted by Gasteiger charge is -2.07. The van der Waals surface area contributed by atoms with Crippen molar-refractivity contribution < 1.29 is 24.3 Å². The van der Waals surface area contributed by atoms with Crippen LogP contribution >= 0.6 is 0 Å². The molecule has 1 aliphatic carbocycles. The number of carbonyl (C=O) groups excluding carboxylic acids is 3. The van der Waals surface area contributed by atoms with Gasteiger partial charge in [-0.2, -0.15) is 0 Å². The van der Waals surface area contributed by atoms with Gasteiger partial charge in [-0.1, -0.05) is 0 Å². The van der Waals surface area contributed by atoms with E-state index in [4.69, 9.17) is 5.11 Å². The molecule has 8 nitrogen and oxygen atoms in total. The normalized spacial score (nSPS) is 13.4. The predicted molar refractivity (Wildman–Crippen MR) is 68.8 cm³/mol. The van der Waals surface area contributed by atoms with Crippen molar-refractivity contribution in [1.82, 2.24) is 16.0 Å². The summed E-state index contributed by atoms with van der Waals surface area (Å²) in [6, 6.07) is -0.498. The minimum absolute atomic E-state index is 0.000808. The largest absolute Gasteiger partial charge is 0.481 e. The molecule has 0 saturated heterocycles. The minimum atomic E-state index is -0.912. The van der Waals surface area contributed by atoms with Crippen molar-refractivity contribution in [2.24, 2.45) is 0 Å². The number of carboxylic acids is 1. The molecule has 0 spiro atoms. The molecule has 0 heterocycles. The first-order valence-electron chi connectivity index (χ1n) is 6.56. The quantitative estimate of drug-likeness (QED) is 0.457. The van der Waals surface area contributed by atoms with E-state index in [0.29, 0.717) is 12.8 Å². The van der Waals surface area contributed by atoms with Crippen LogP contribution in [0.15, 0.2) is 0 Å². The molecule has 0 aromatic heterocycles. The average Bonchev–Trinajstić information content (AvgIpc) is 3.16. The van der Waals surface area contributed by atoms with E-state index >= 15 is 0 Å². The number of rotatable bonds is 8. The van der Waals surface area contributed by atoms with Crippen LogP contribution < -0.4 is 16.0 Å². The van der Waals surface area contributed by atoms with Crippen molar-refractivity contribution in [2.45, 2.75) is 44.6 Å². The molecule has 0 aliphatic heterocycles. The molecule has 1 aliphatic rings. The van der Waals surface area contributed by atoms with Crippen LogP contribution in [0.5, 0.6) is 0 Å². The molecule has 1 rings (SSSR count). The fourth-order valence-electron chi connectivity index (χ4n) is 1.46. The van der Waals surface area contributed by atoms with Crippen LogP contribution in [0, 0.1) is 0 Å². The van der Waals surface area contributed by atoms with Crippen molar-refractivity contribution in [3.05, 3.63) is 0 Å². The molecular weight excluding hydrogens is 266 g/mol. The maximum Gasteiger partial charge on any atom is 0.321 e. The molecule has 4 N–H and O–H groups in total. The molecule has 0 aromatic rings. The summed E-state index contributed by atoms with van der Waals surface area (Å²) in [6.07, 6.45) is 2.79. The van der Waals surface area contributed by atoms with Crippen LogP contribution in [0.2, 0.25) is 0 Å². The first-order chi connectivity index (χ1) is 9.47. The van der Waals surface area contributed by atoms with Crippen molar-refractivity contribution in [1.29, 1.82) is 0 Å². The van der Waals surface area contributed by atoms with Gasteiger partial charge in [0, 0.05) is 18.9 Å². The molecule has 8 heteroatoms. The Kier molecular flexibility index (Phi) is 6.48. The molecular formula is C12H19N3O5. The third kappa shape index (κ3) is 8.06. The number of carbonyl (C=O) groups is 4. The first-order valence-corrected chi connectivity index (χ1v) is 6.56. The highest BCUT2D eigenvalue weighted by atomic mass is 16.4. The van der Waals surface area contributed by atoms with E-state index < -0.39 is 17.9 Å². The van der Waals surface area contributed by atoms with Gasteiger partial charge in [-0.15, -0.1) is 0 Å². The summed E-state index contributed by atoms with van der Waals surface area (Å²) in [4.78, 5) is 44.1. The van der Waals surface area contributed by atoms with Crippen LogP contribution in [0.4, 0.5) is 4.79 Å². The lowest BCUT2D eigenvalue weighted by Crippen LogP contribution is -2.44. The molecule has 20 heavy (non-hydrogen) atoms. The Morgan fingerprint density at radius 1 is 1.00 bits per heavy atom. The van der Waals surface area contributed by atoms with Crippen molar-refractivity contribution in [2.75, 3.05) is 6.54 Å². The minimum Gasteiger partial charge on any atom is -0.481 e. The van der Waals surface area contributed by atoms with Crippen LogP contribution in [0.25, 0.3) is 0 Å². The Morgan fingerprint density at radius 3 is 2.25 bits per heavy atom. The second-order valence-corrected chi connectivity index (χ2v) is 4.67. The third-order valence-corrected chi connectivity index (χ3v) is 2.65. The molecule has 1 saturated carbocycles. The number of aliphatic carboxylic acids is 1. The number of hydrogen-bond acceptors (Lipinski definition) is 4. The number of urea groups is 1. The summed E-state index contributed by atoms with van der Waals surface area (Å²) < 4.78 is 0. The zero-order chi connectivity index (χ0) is 15.0. The number of imide groups is 1. The van der Waals surface area contributed by atoms with Gasteiger partial charge < -0.3 is 15.7 Å². The van der Waals surface area contributed by atoms with E-state index in [9.17, 15) is 19.2 Å². The average molecular weight is 285 g/mol. The number of unbranched alkanes of at least 4 members (excludes halogenated alkanes) is 1. The van der Waals surface area contributed by atoms with Gasteiger partial charge >= 0.3 is 12.0 Å². The van der Waals surface area contributed by atoms with Crippen molar-refractivity contribution in [3.8, 4) is 0 Å². The third-order valence-electron chi connectivity index (χ3n) is 2.65. The van der Waals surface area contributed by atoms with Crippen molar-refractivity contribution in [3.63, 3.8) is 0 Å². The molecule has 0 aromatic carbocycles. The van der Waals surface area contributed by atoms with Gasteiger partial charge in [0.2, 0.25) is 11.8 Å². The lowest BCUT2D eigenvalue weighted by molar-refractivity contribution is -0.137. The van der Waals surface area contributed by atoms with Gasteiger partial charge in [0.25, 0.3) is 0 Å². The molecule has 0 radical (unpaired) electrons. The zero-order valence-corrected chi connectivity index (χ0v) is 11.1.